The summed E-state index contributed by atoms with van der Waals surface area (Å²) in [6.45, 7) is 2.05. The van der Waals surface area contributed by atoms with Gasteiger partial charge < -0.3 is 10.8 Å². The van der Waals surface area contributed by atoms with Crippen molar-refractivity contribution in [3.63, 3.8) is 0 Å². The molecular formula is C18H19NO3. The molecule has 0 aliphatic heterocycles. The number of aryl methyl sites for hydroxylation is 1. The SMILES string of the molecule is CCCc1cc(CC(=O)O)cc(C(=O)c2ccc(N)cc2)c1. The number of carboxylic acid groups (broad SMARTS) is 1. The normalized spacial score (nSPS) is 10.4. The summed E-state index contributed by atoms with van der Waals surface area (Å²) >= 11 is 0. The minimum atomic E-state index is -0.903. The van der Waals surface area contributed by atoms with Gasteiger partial charge >= 0.3 is 5.97 Å². The van der Waals surface area contributed by atoms with Crippen LogP contribution in [0.2, 0.25) is 0 Å². The van der Waals surface area contributed by atoms with Gasteiger partial charge in [-0.25, -0.2) is 0 Å². The third-order valence-corrected chi connectivity index (χ3v) is 3.38. The van der Waals surface area contributed by atoms with E-state index in [0.29, 0.717) is 22.4 Å². The molecule has 0 bridgehead atoms. The third-order valence-electron chi connectivity index (χ3n) is 3.38. The van der Waals surface area contributed by atoms with Gasteiger partial charge in [0.25, 0.3) is 0 Å². The minimum absolute atomic E-state index is 0.0838. The molecule has 0 aliphatic rings. The predicted octanol–water partition coefficient (Wildman–Crippen LogP) is 3.08. The number of nitrogens with two attached hydrogens (primary N) is 1. The second kappa shape index (κ2) is 6.89. The molecule has 2 rings (SSSR count). The van der Waals surface area contributed by atoms with Crippen molar-refractivity contribution in [3.8, 4) is 0 Å². The van der Waals surface area contributed by atoms with E-state index in [-0.39, 0.29) is 12.2 Å². The van der Waals surface area contributed by atoms with Gasteiger partial charge in [-0.1, -0.05) is 19.4 Å². The number of ketones is 1. The molecule has 0 spiro atoms. The van der Waals surface area contributed by atoms with E-state index in [1.54, 1.807) is 30.3 Å². The highest BCUT2D eigenvalue weighted by atomic mass is 16.4. The molecule has 22 heavy (non-hydrogen) atoms. The molecule has 3 N–H and O–H groups in total. The van der Waals surface area contributed by atoms with Crippen LogP contribution in [0.3, 0.4) is 0 Å². The summed E-state index contributed by atoms with van der Waals surface area (Å²) in [5.41, 5.74) is 8.93. The van der Waals surface area contributed by atoms with Gasteiger partial charge in [-0.3, -0.25) is 9.59 Å². The highest BCUT2D eigenvalue weighted by Crippen LogP contribution is 2.17. The number of hydrogen-bond acceptors (Lipinski definition) is 3. The molecule has 4 nitrogen and oxygen atoms in total. The number of carbonyl (C=O) groups excluding carboxylic acids is 1. The summed E-state index contributed by atoms with van der Waals surface area (Å²) < 4.78 is 0. The number of benzene rings is 2. The van der Waals surface area contributed by atoms with Gasteiger partial charge in [0.2, 0.25) is 0 Å². The summed E-state index contributed by atoms with van der Waals surface area (Å²) in [6.07, 6.45) is 1.67. The molecule has 0 radical (unpaired) electrons. The van der Waals surface area contributed by atoms with E-state index in [4.69, 9.17) is 10.8 Å². The average molecular weight is 297 g/mol. The number of anilines is 1. The smallest absolute Gasteiger partial charge is 0.307 e. The van der Waals surface area contributed by atoms with E-state index in [9.17, 15) is 9.59 Å². The van der Waals surface area contributed by atoms with Crippen molar-refractivity contribution in [2.24, 2.45) is 0 Å². The molecular weight excluding hydrogens is 278 g/mol. The molecule has 0 aliphatic carbocycles. The fraction of sp³-hybridized carbons (Fsp3) is 0.222. The number of hydrogen-bond donors (Lipinski definition) is 2. The molecule has 0 saturated carbocycles. The first-order valence-electron chi connectivity index (χ1n) is 7.24. The Morgan fingerprint density at radius 3 is 2.23 bits per heavy atom. The standard InChI is InChI=1S/C18H19NO3/c1-2-3-12-8-13(11-17(20)21)10-15(9-12)18(22)14-4-6-16(19)7-5-14/h4-10H,2-3,11,19H2,1H3,(H,20,21). The first-order chi connectivity index (χ1) is 10.5. The van der Waals surface area contributed by atoms with Gasteiger partial charge in [0, 0.05) is 16.8 Å². The van der Waals surface area contributed by atoms with E-state index in [0.717, 1.165) is 18.4 Å². The zero-order valence-corrected chi connectivity index (χ0v) is 12.5. The lowest BCUT2D eigenvalue weighted by atomic mass is 9.96. The Morgan fingerprint density at radius 2 is 1.64 bits per heavy atom. The van der Waals surface area contributed by atoms with Crippen LogP contribution in [0.1, 0.15) is 40.4 Å². The van der Waals surface area contributed by atoms with Gasteiger partial charge in [-0.15, -0.1) is 0 Å². The number of rotatable bonds is 6. The minimum Gasteiger partial charge on any atom is -0.481 e. The zero-order chi connectivity index (χ0) is 16.1. The summed E-state index contributed by atoms with van der Waals surface area (Å²) in [7, 11) is 0. The predicted molar refractivity (Wildman–Crippen MR) is 86.1 cm³/mol. The fourth-order valence-corrected chi connectivity index (χ4v) is 2.40. The Kier molecular flexibility index (Phi) is 4.94. The van der Waals surface area contributed by atoms with Crippen LogP contribution < -0.4 is 5.73 Å². The molecule has 0 amide bonds. The molecule has 0 aromatic heterocycles. The van der Waals surface area contributed by atoms with Crippen LogP contribution in [-0.2, 0) is 17.6 Å². The van der Waals surface area contributed by atoms with Crippen LogP contribution in [0, 0.1) is 0 Å². The topological polar surface area (TPSA) is 80.4 Å². The van der Waals surface area contributed by atoms with Crippen LogP contribution >= 0.6 is 0 Å². The lowest BCUT2D eigenvalue weighted by molar-refractivity contribution is -0.136. The maximum Gasteiger partial charge on any atom is 0.307 e. The summed E-state index contributed by atoms with van der Waals surface area (Å²) in [4.78, 5) is 23.5. The highest BCUT2D eigenvalue weighted by Gasteiger charge is 2.12. The zero-order valence-electron chi connectivity index (χ0n) is 12.5. The second-order valence-corrected chi connectivity index (χ2v) is 5.31. The van der Waals surface area contributed by atoms with Crippen molar-refractivity contribution in [2.75, 3.05) is 5.73 Å². The van der Waals surface area contributed by atoms with Gasteiger partial charge in [0.15, 0.2) is 5.78 Å². The summed E-state index contributed by atoms with van der Waals surface area (Å²) in [5.74, 6) is -1.02. The maximum atomic E-state index is 12.6. The Hall–Kier alpha value is -2.62. The van der Waals surface area contributed by atoms with E-state index in [1.807, 2.05) is 19.1 Å². The van der Waals surface area contributed by atoms with E-state index >= 15 is 0 Å². The first kappa shape index (κ1) is 15.8. The molecule has 0 fully saturated rings. The average Bonchev–Trinajstić information content (AvgIpc) is 2.46. The van der Waals surface area contributed by atoms with E-state index in [1.165, 1.54) is 0 Å². The number of carboxylic acids is 1. The largest absolute Gasteiger partial charge is 0.481 e. The quantitative estimate of drug-likeness (QED) is 0.634. The van der Waals surface area contributed by atoms with Gasteiger partial charge in [-0.05, 0) is 53.9 Å². The lowest BCUT2D eigenvalue weighted by Gasteiger charge is -2.08. The highest BCUT2D eigenvalue weighted by molar-refractivity contribution is 6.09. The Morgan fingerprint density at radius 1 is 1.00 bits per heavy atom. The van der Waals surface area contributed by atoms with Gasteiger partial charge in [0.1, 0.15) is 0 Å². The van der Waals surface area contributed by atoms with E-state index < -0.39 is 5.97 Å². The third kappa shape index (κ3) is 3.95. The Labute approximate surface area is 129 Å². The monoisotopic (exact) mass is 297 g/mol. The maximum absolute atomic E-state index is 12.6. The van der Waals surface area contributed by atoms with Crippen molar-refractivity contribution < 1.29 is 14.7 Å². The molecule has 0 unspecified atom stereocenters. The van der Waals surface area contributed by atoms with E-state index in [2.05, 4.69) is 0 Å². The molecule has 2 aromatic carbocycles. The number of carbonyl (C=O) groups is 2. The molecule has 114 valence electrons. The molecule has 0 atom stereocenters. The van der Waals surface area contributed by atoms with Crippen molar-refractivity contribution in [1.82, 2.24) is 0 Å². The Balaban J connectivity index is 2.39. The van der Waals surface area contributed by atoms with Crippen molar-refractivity contribution in [1.29, 1.82) is 0 Å². The summed E-state index contributed by atoms with van der Waals surface area (Å²) in [6, 6.07) is 12.1. The van der Waals surface area contributed by atoms with Crippen molar-refractivity contribution in [3.05, 3.63) is 64.7 Å². The van der Waals surface area contributed by atoms with Crippen LogP contribution in [0.5, 0.6) is 0 Å². The second-order valence-electron chi connectivity index (χ2n) is 5.31. The van der Waals surface area contributed by atoms with Crippen molar-refractivity contribution in [2.45, 2.75) is 26.2 Å². The molecule has 2 aromatic rings. The van der Waals surface area contributed by atoms with Crippen LogP contribution in [0.15, 0.2) is 42.5 Å². The fourth-order valence-electron chi connectivity index (χ4n) is 2.40. The summed E-state index contributed by atoms with van der Waals surface area (Å²) in [5, 5.41) is 8.97. The molecule has 0 heterocycles. The number of aliphatic carboxylic acids is 1. The van der Waals surface area contributed by atoms with Crippen LogP contribution in [0.4, 0.5) is 5.69 Å². The van der Waals surface area contributed by atoms with Gasteiger partial charge in [0.05, 0.1) is 6.42 Å². The van der Waals surface area contributed by atoms with Crippen molar-refractivity contribution >= 4 is 17.4 Å². The molecule has 0 saturated heterocycles. The van der Waals surface area contributed by atoms with Gasteiger partial charge in [-0.2, -0.15) is 0 Å². The Bertz CT molecular complexity index is 690. The first-order valence-corrected chi connectivity index (χ1v) is 7.24. The van der Waals surface area contributed by atoms with Crippen LogP contribution in [0.25, 0.3) is 0 Å². The number of nitrogen functional groups attached to an aromatic ring is 1. The lowest BCUT2D eigenvalue weighted by Crippen LogP contribution is -2.06. The molecule has 4 heteroatoms. The van der Waals surface area contributed by atoms with Crippen LogP contribution in [-0.4, -0.2) is 16.9 Å².